The highest BCUT2D eigenvalue weighted by molar-refractivity contribution is 9.10. The minimum absolute atomic E-state index is 0.0270. The van der Waals surface area contributed by atoms with Gasteiger partial charge < -0.3 is 4.74 Å². The Bertz CT molecular complexity index is 824. The monoisotopic (exact) mass is 340 g/mol. The number of ether oxygens (including phenoxy) is 1. The van der Waals surface area contributed by atoms with Crippen LogP contribution >= 0.6 is 15.9 Å². The van der Waals surface area contributed by atoms with Crippen LogP contribution in [0.4, 0.5) is 0 Å². The molecule has 0 unspecified atom stereocenters. The summed E-state index contributed by atoms with van der Waals surface area (Å²) in [6, 6.07) is 19.5. The van der Waals surface area contributed by atoms with Gasteiger partial charge in [-0.2, -0.15) is 0 Å². The normalized spacial score (nSPS) is 10.6. The number of hydrogen-bond donors (Lipinski definition) is 0. The van der Waals surface area contributed by atoms with Gasteiger partial charge in [-0.3, -0.25) is 4.79 Å². The van der Waals surface area contributed by atoms with Gasteiger partial charge in [-0.1, -0.05) is 30.3 Å². The summed E-state index contributed by atoms with van der Waals surface area (Å²) in [5.41, 5.74) is 0.654. The summed E-state index contributed by atoms with van der Waals surface area (Å²) >= 11 is 3.40. The maximum Gasteiger partial charge on any atom is 0.160 e. The van der Waals surface area contributed by atoms with E-state index in [-0.39, 0.29) is 5.78 Å². The molecule has 3 heteroatoms. The average molecular weight is 341 g/mol. The van der Waals surface area contributed by atoms with Crippen molar-refractivity contribution >= 4 is 32.5 Å². The van der Waals surface area contributed by atoms with Gasteiger partial charge in [-0.05, 0) is 64.0 Å². The number of fused-ring (bicyclic) bond motifs is 1. The molecule has 0 radical (unpaired) electrons. The molecule has 0 aliphatic rings. The van der Waals surface area contributed by atoms with Crippen molar-refractivity contribution < 1.29 is 9.53 Å². The summed E-state index contributed by atoms with van der Waals surface area (Å²) in [7, 11) is 0. The summed E-state index contributed by atoms with van der Waals surface area (Å²) in [4.78, 5) is 11.4. The van der Waals surface area contributed by atoms with Crippen molar-refractivity contribution in [2.75, 3.05) is 0 Å². The topological polar surface area (TPSA) is 26.3 Å². The van der Waals surface area contributed by atoms with E-state index >= 15 is 0 Å². The van der Waals surface area contributed by atoms with Crippen LogP contribution in [0.1, 0.15) is 17.3 Å². The molecule has 3 aromatic rings. The standard InChI is InChI=1S/C18H13BrO2/c1-12(20)17-9-8-16(11-18(17)19)21-15-7-6-13-4-2-3-5-14(13)10-15/h2-11H,1H3. The summed E-state index contributed by atoms with van der Waals surface area (Å²) in [6.07, 6.45) is 0. The number of carbonyl (C=O) groups is 1. The molecule has 0 bridgehead atoms. The van der Waals surface area contributed by atoms with Crippen molar-refractivity contribution in [1.82, 2.24) is 0 Å². The van der Waals surface area contributed by atoms with Crippen LogP contribution in [0.15, 0.2) is 65.1 Å². The minimum Gasteiger partial charge on any atom is -0.457 e. The van der Waals surface area contributed by atoms with Gasteiger partial charge in [0.1, 0.15) is 11.5 Å². The molecule has 3 aromatic carbocycles. The molecule has 0 saturated carbocycles. The zero-order valence-corrected chi connectivity index (χ0v) is 13.1. The van der Waals surface area contributed by atoms with E-state index in [1.54, 1.807) is 19.1 Å². The van der Waals surface area contributed by atoms with Crippen molar-refractivity contribution in [2.45, 2.75) is 6.92 Å². The van der Waals surface area contributed by atoms with Crippen molar-refractivity contribution in [2.24, 2.45) is 0 Å². The Morgan fingerprint density at radius 1 is 0.905 bits per heavy atom. The van der Waals surface area contributed by atoms with Gasteiger partial charge in [-0.25, -0.2) is 0 Å². The molecular formula is C18H13BrO2. The molecule has 0 aliphatic heterocycles. The molecule has 0 atom stereocenters. The minimum atomic E-state index is 0.0270. The summed E-state index contributed by atoms with van der Waals surface area (Å²) in [5.74, 6) is 1.50. The first-order valence-corrected chi connectivity index (χ1v) is 7.40. The van der Waals surface area contributed by atoms with E-state index in [4.69, 9.17) is 4.74 Å². The number of benzene rings is 3. The zero-order valence-electron chi connectivity index (χ0n) is 11.5. The van der Waals surface area contributed by atoms with E-state index < -0.39 is 0 Å². The third kappa shape index (κ3) is 2.98. The van der Waals surface area contributed by atoms with Gasteiger partial charge in [0.15, 0.2) is 5.78 Å². The lowest BCUT2D eigenvalue weighted by molar-refractivity contribution is 0.101. The van der Waals surface area contributed by atoms with Gasteiger partial charge in [0, 0.05) is 10.0 Å². The molecule has 0 heterocycles. The van der Waals surface area contributed by atoms with Crippen LogP contribution in [0.3, 0.4) is 0 Å². The fourth-order valence-corrected chi connectivity index (χ4v) is 2.85. The molecule has 0 aliphatic carbocycles. The second-order valence-corrected chi connectivity index (χ2v) is 5.66. The Balaban J connectivity index is 1.91. The quantitative estimate of drug-likeness (QED) is 0.580. The highest BCUT2D eigenvalue weighted by atomic mass is 79.9. The van der Waals surface area contributed by atoms with E-state index in [1.807, 2.05) is 36.4 Å². The first-order valence-electron chi connectivity index (χ1n) is 6.60. The maximum absolute atomic E-state index is 11.4. The molecule has 21 heavy (non-hydrogen) atoms. The van der Waals surface area contributed by atoms with Gasteiger partial charge in [0.2, 0.25) is 0 Å². The van der Waals surface area contributed by atoms with Crippen LogP contribution in [0, 0.1) is 0 Å². The third-order valence-electron chi connectivity index (χ3n) is 3.28. The van der Waals surface area contributed by atoms with Gasteiger partial charge in [0.05, 0.1) is 0 Å². The van der Waals surface area contributed by atoms with Gasteiger partial charge >= 0.3 is 0 Å². The first-order chi connectivity index (χ1) is 10.1. The molecule has 0 N–H and O–H groups in total. The van der Waals surface area contributed by atoms with Crippen LogP contribution in [0.25, 0.3) is 10.8 Å². The summed E-state index contributed by atoms with van der Waals surface area (Å²) < 4.78 is 6.60. The number of Topliss-reactive ketones (excluding diaryl/α,β-unsaturated/α-hetero) is 1. The van der Waals surface area contributed by atoms with Crippen molar-refractivity contribution in [3.05, 3.63) is 70.7 Å². The predicted octanol–water partition coefficient (Wildman–Crippen LogP) is 5.60. The highest BCUT2D eigenvalue weighted by Gasteiger charge is 2.07. The SMILES string of the molecule is CC(=O)c1ccc(Oc2ccc3ccccc3c2)cc1Br. The largest absolute Gasteiger partial charge is 0.457 e. The molecule has 2 nitrogen and oxygen atoms in total. The lowest BCUT2D eigenvalue weighted by atomic mass is 10.1. The Kier molecular flexibility index (Phi) is 3.76. The Morgan fingerprint density at radius 3 is 2.29 bits per heavy atom. The second kappa shape index (κ2) is 5.70. The molecule has 104 valence electrons. The Morgan fingerprint density at radius 2 is 1.57 bits per heavy atom. The maximum atomic E-state index is 11.4. The molecule has 0 fully saturated rings. The zero-order chi connectivity index (χ0) is 14.8. The predicted molar refractivity (Wildman–Crippen MR) is 88.2 cm³/mol. The van der Waals surface area contributed by atoms with Crippen molar-refractivity contribution in [3.63, 3.8) is 0 Å². The van der Waals surface area contributed by atoms with Crippen LogP contribution < -0.4 is 4.74 Å². The first kappa shape index (κ1) is 13.8. The van der Waals surface area contributed by atoms with Crippen LogP contribution in [-0.2, 0) is 0 Å². The Hall–Kier alpha value is -2.13. The van der Waals surface area contributed by atoms with Crippen molar-refractivity contribution in [3.8, 4) is 11.5 Å². The van der Waals surface area contributed by atoms with E-state index in [0.717, 1.165) is 15.6 Å². The van der Waals surface area contributed by atoms with Crippen LogP contribution in [0.5, 0.6) is 11.5 Å². The molecule has 0 saturated heterocycles. The molecular weight excluding hydrogens is 328 g/mol. The third-order valence-corrected chi connectivity index (χ3v) is 3.93. The molecule has 0 aromatic heterocycles. The summed E-state index contributed by atoms with van der Waals surface area (Å²) in [6.45, 7) is 1.55. The van der Waals surface area contributed by atoms with E-state index in [0.29, 0.717) is 11.3 Å². The lowest BCUT2D eigenvalue weighted by Gasteiger charge is -2.08. The summed E-state index contributed by atoms with van der Waals surface area (Å²) in [5, 5.41) is 2.31. The van der Waals surface area contributed by atoms with E-state index in [2.05, 4.69) is 28.1 Å². The fourth-order valence-electron chi connectivity index (χ4n) is 2.21. The van der Waals surface area contributed by atoms with Gasteiger partial charge in [-0.15, -0.1) is 0 Å². The number of carbonyl (C=O) groups excluding carboxylic acids is 1. The smallest absolute Gasteiger partial charge is 0.160 e. The van der Waals surface area contributed by atoms with Crippen LogP contribution in [-0.4, -0.2) is 5.78 Å². The Labute approximate surface area is 131 Å². The molecule has 0 spiro atoms. The van der Waals surface area contributed by atoms with E-state index in [1.165, 1.54) is 5.39 Å². The van der Waals surface area contributed by atoms with Crippen LogP contribution in [0.2, 0.25) is 0 Å². The molecule has 3 rings (SSSR count). The lowest BCUT2D eigenvalue weighted by Crippen LogP contribution is -1.94. The molecule has 0 amide bonds. The number of hydrogen-bond acceptors (Lipinski definition) is 2. The van der Waals surface area contributed by atoms with Crippen molar-refractivity contribution in [1.29, 1.82) is 0 Å². The number of rotatable bonds is 3. The fraction of sp³-hybridized carbons (Fsp3) is 0.0556. The highest BCUT2D eigenvalue weighted by Crippen LogP contribution is 2.29. The number of ketones is 1. The average Bonchev–Trinajstić information content (AvgIpc) is 2.47. The van der Waals surface area contributed by atoms with E-state index in [9.17, 15) is 4.79 Å². The second-order valence-electron chi connectivity index (χ2n) is 4.81. The number of halogens is 1. The van der Waals surface area contributed by atoms with Gasteiger partial charge in [0.25, 0.3) is 0 Å².